The second-order valence-corrected chi connectivity index (χ2v) is 15.7. The normalized spacial score (nSPS) is 11.3. The lowest BCUT2D eigenvalue weighted by Crippen LogP contribution is -2.74. The number of fused-ring (bicyclic) bond motifs is 3. The molecule has 0 spiro atoms. The third-order valence-electron chi connectivity index (χ3n) is 9.41. The standard InChI is InChI=1S/C44H29N3Si/c45-30-32-28-34(31-46)44(47-42-22-12-10-20-39(42)40-21-11-13-23-43(40)47)41(29-32)33-24-26-38(27-25-33)48(35-14-4-1-5-15-35,36-16-6-2-7-17-36)37-18-8-3-9-19-37/h1-29H. The monoisotopic (exact) mass is 627 g/mol. The Bertz CT molecular complexity index is 2350. The van der Waals surface area contributed by atoms with Crippen LogP contribution < -0.4 is 20.7 Å². The molecule has 0 radical (unpaired) electrons. The molecule has 1 aromatic heterocycles. The molecule has 0 amide bonds. The minimum Gasteiger partial charge on any atom is -0.307 e. The molecule has 8 aromatic rings. The molecule has 224 valence electrons. The Morgan fingerprint density at radius 1 is 0.438 bits per heavy atom. The van der Waals surface area contributed by atoms with Gasteiger partial charge in [-0.3, -0.25) is 0 Å². The Morgan fingerprint density at radius 3 is 1.33 bits per heavy atom. The fourth-order valence-corrected chi connectivity index (χ4v) is 12.1. The summed E-state index contributed by atoms with van der Waals surface area (Å²) in [5.74, 6) is 0. The number of hydrogen-bond donors (Lipinski definition) is 0. The molecule has 8 rings (SSSR count). The van der Waals surface area contributed by atoms with E-state index in [2.05, 4.69) is 156 Å². The third kappa shape index (κ3) is 4.55. The van der Waals surface area contributed by atoms with Gasteiger partial charge in [-0.1, -0.05) is 152 Å². The van der Waals surface area contributed by atoms with Gasteiger partial charge in [-0.15, -0.1) is 0 Å². The average Bonchev–Trinajstić information content (AvgIpc) is 3.50. The van der Waals surface area contributed by atoms with Crippen LogP contribution in [0.3, 0.4) is 0 Å². The lowest BCUT2D eigenvalue weighted by Gasteiger charge is -2.34. The van der Waals surface area contributed by atoms with Gasteiger partial charge in [0.1, 0.15) is 6.07 Å². The first-order valence-corrected chi connectivity index (χ1v) is 18.0. The van der Waals surface area contributed by atoms with Crippen molar-refractivity contribution in [2.45, 2.75) is 0 Å². The van der Waals surface area contributed by atoms with Crippen LogP contribution in [0.5, 0.6) is 0 Å². The minimum absolute atomic E-state index is 0.455. The Balaban J connectivity index is 1.40. The van der Waals surface area contributed by atoms with E-state index in [4.69, 9.17) is 0 Å². The Labute approximate surface area is 280 Å². The molecule has 0 atom stereocenters. The summed E-state index contributed by atoms with van der Waals surface area (Å²) < 4.78 is 2.19. The summed E-state index contributed by atoms with van der Waals surface area (Å²) in [6.45, 7) is 0. The highest BCUT2D eigenvalue weighted by Crippen LogP contribution is 2.38. The number of hydrogen-bond acceptors (Lipinski definition) is 2. The summed E-state index contributed by atoms with van der Waals surface area (Å²) in [7, 11) is -2.71. The smallest absolute Gasteiger partial charge is 0.179 e. The van der Waals surface area contributed by atoms with Gasteiger partial charge in [0.05, 0.1) is 33.9 Å². The van der Waals surface area contributed by atoms with Crippen molar-refractivity contribution in [2.75, 3.05) is 0 Å². The molecule has 0 aliphatic rings. The van der Waals surface area contributed by atoms with Crippen LogP contribution in [0.15, 0.2) is 176 Å². The fourth-order valence-electron chi connectivity index (χ4n) is 7.37. The van der Waals surface area contributed by atoms with Gasteiger partial charge in [0.2, 0.25) is 0 Å². The molecular weight excluding hydrogens is 599 g/mol. The van der Waals surface area contributed by atoms with Crippen molar-refractivity contribution in [1.29, 1.82) is 10.5 Å². The van der Waals surface area contributed by atoms with E-state index in [0.717, 1.165) is 38.6 Å². The summed E-state index contributed by atoms with van der Waals surface area (Å²) in [5.41, 5.74) is 5.51. The summed E-state index contributed by atoms with van der Waals surface area (Å²) in [4.78, 5) is 0. The first-order chi connectivity index (χ1) is 23.7. The van der Waals surface area contributed by atoms with Gasteiger partial charge >= 0.3 is 0 Å². The van der Waals surface area contributed by atoms with Crippen molar-refractivity contribution >= 4 is 50.6 Å². The summed E-state index contributed by atoms with van der Waals surface area (Å²) in [5, 5.41) is 28.0. The fraction of sp³-hybridized carbons (Fsp3) is 0. The quantitative estimate of drug-likeness (QED) is 0.141. The van der Waals surface area contributed by atoms with E-state index in [-0.39, 0.29) is 0 Å². The van der Waals surface area contributed by atoms with Gasteiger partial charge in [0.15, 0.2) is 8.07 Å². The van der Waals surface area contributed by atoms with Crippen LogP contribution >= 0.6 is 0 Å². The topological polar surface area (TPSA) is 52.5 Å². The molecule has 0 bridgehead atoms. The maximum Gasteiger partial charge on any atom is 0.179 e. The SMILES string of the molecule is N#Cc1cc(C#N)c(-n2c3ccccc3c3ccccc32)c(-c2ccc([Si](c3ccccc3)(c3ccccc3)c3ccccc3)cc2)c1. The van der Waals surface area contributed by atoms with Crippen LogP contribution in [0.25, 0.3) is 38.6 Å². The maximum atomic E-state index is 10.5. The molecule has 7 aromatic carbocycles. The van der Waals surface area contributed by atoms with Gasteiger partial charge in [-0.05, 0) is 50.6 Å². The number of aromatic nitrogens is 1. The second kappa shape index (κ2) is 12.0. The van der Waals surface area contributed by atoms with Crippen LogP contribution in [-0.4, -0.2) is 12.6 Å². The minimum atomic E-state index is -2.71. The van der Waals surface area contributed by atoms with E-state index in [1.165, 1.54) is 20.7 Å². The first kappa shape index (κ1) is 29.0. The van der Waals surface area contributed by atoms with E-state index in [1.807, 2.05) is 30.3 Å². The van der Waals surface area contributed by atoms with E-state index in [1.54, 1.807) is 6.07 Å². The van der Waals surface area contributed by atoms with Gasteiger partial charge in [0.25, 0.3) is 0 Å². The van der Waals surface area contributed by atoms with Crippen molar-refractivity contribution < 1.29 is 0 Å². The average molecular weight is 628 g/mol. The maximum absolute atomic E-state index is 10.5. The predicted octanol–water partition coefficient (Wildman–Crippen LogP) is 7.57. The van der Waals surface area contributed by atoms with Gasteiger partial charge in [-0.25, -0.2) is 0 Å². The highest BCUT2D eigenvalue weighted by molar-refractivity contribution is 7.19. The molecule has 0 saturated heterocycles. The highest BCUT2D eigenvalue weighted by atomic mass is 28.3. The Morgan fingerprint density at radius 2 is 0.875 bits per heavy atom. The molecule has 1 heterocycles. The molecule has 0 fully saturated rings. The zero-order valence-electron chi connectivity index (χ0n) is 26.1. The van der Waals surface area contributed by atoms with Gasteiger partial charge in [0, 0.05) is 16.3 Å². The summed E-state index contributed by atoms with van der Waals surface area (Å²) in [6.07, 6.45) is 0. The molecule has 0 aliphatic heterocycles. The Kier molecular flexibility index (Phi) is 7.27. The van der Waals surface area contributed by atoms with Crippen LogP contribution in [0.1, 0.15) is 11.1 Å². The molecule has 0 N–H and O–H groups in total. The summed E-state index contributed by atoms with van der Waals surface area (Å²) >= 11 is 0. The van der Waals surface area contributed by atoms with Crippen LogP contribution in [0, 0.1) is 22.7 Å². The lowest BCUT2D eigenvalue weighted by molar-refractivity contribution is 1.17. The van der Waals surface area contributed by atoms with Gasteiger partial charge < -0.3 is 4.57 Å². The number of nitriles is 2. The molecular formula is C44H29N3Si. The van der Waals surface area contributed by atoms with Crippen molar-refractivity contribution in [1.82, 2.24) is 4.57 Å². The van der Waals surface area contributed by atoms with Crippen molar-refractivity contribution in [2.24, 2.45) is 0 Å². The molecule has 0 saturated carbocycles. The first-order valence-electron chi connectivity index (χ1n) is 16.0. The van der Waals surface area contributed by atoms with Gasteiger partial charge in [-0.2, -0.15) is 10.5 Å². The van der Waals surface area contributed by atoms with E-state index >= 15 is 0 Å². The second-order valence-electron chi connectivity index (χ2n) is 11.9. The predicted molar refractivity (Wildman–Crippen MR) is 199 cm³/mol. The molecule has 3 nitrogen and oxygen atoms in total. The van der Waals surface area contributed by atoms with Crippen LogP contribution in [-0.2, 0) is 0 Å². The Hall–Kier alpha value is -6.46. The van der Waals surface area contributed by atoms with Crippen LogP contribution in [0.2, 0.25) is 0 Å². The van der Waals surface area contributed by atoms with Crippen molar-refractivity contribution in [3.8, 4) is 29.0 Å². The molecule has 4 heteroatoms. The number of nitrogens with zero attached hydrogens (tertiary/aromatic N) is 3. The zero-order valence-corrected chi connectivity index (χ0v) is 27.1. The van der Waals surface area contributed by atoms with E-state index < -0.39 is 8.07 Å². The lowest BCUT2D eigenvalue weighted by atomic mass is 9.97. The number of benzene rings is 7. The van der Waals surface area contributed by atoms with Crippen molar-refractivity contribution in [3.05, 3.63) is 187 Å². The van der Waals surface area contributed by atoms with Crippen LogP contribution in [0.4, 0.5) is 0 Å². The van der Waals surface area contributed by atoms with Crippen molar-refractivity contribution in [3.63, 3.8) is 0 Å². The largest absolute Gasteiger partial charge is 0.307 e. The third-order valence-corrected chi connectivity index (χ3v) is 14.2. The van der Waals surface area contributed by atoms with E-state index in [0.29, 0.717) is 11.1 Å². The molecule has 0 unspecified atom stereocenters. The molecule has 0 aliphatic carbocycles. The number of rotatable bonds is 6. The van der Waals surface area contributed by atoms with E-state index in [9.17, 15) is 10.5 Å². The number of para-hydroxylation sites is 2. The highest BCUT2D eigenvalue weighted by Gasteiger charge is 2.41. The summed E-state index contributed by atoms with van der Waals surface area (Å²) in [6, 6.07) is 66.4. The molecule has 48 heavy (non-hydrogen) atoms. The zero-order chi connectivity index (χ0) is 32.5.